The number of ether oxygens (including phenoxy) is 1. The summed E-state index contributed by atoms with van der Waals surface area (Å²) in [6.07, 6.45) is 2.82. The van der Waals surface area contributed by atoms with E-state index < -0.39 is 11.8 Å². The van der Waals surface area contributed by atoms with E-state index in [1.807, 2.05) is 30.3 Å². The first-order chi connectivity index (χ1) is 16.0. The number of anilines is 1. The summed E-state index contributed by atoms with van der Waals surface area (Å²) >= 11 is 6.45. The zero-order chi connectivity index (χ0) is 23.4. The van der Waals surface area contributed by atoms with Crippen LogP contribution in [0.15, 0.2) is 48.8 Å². The Bertz CT molecular complexity index is 1110. The van der Waals surface area contributed by atoms with Gasteiger partial charge in [-0.1, -0.05) is 29.8 Å². The number of methoxy groups -OCH3 is 1. The van der Waals surface area contributed by atoms with Crippen molar-refractivity contribution < 1.29 is 13.9 Å². The molecule has 8 nitrogen and oxygen atoms in total. The van der Waals surface area contributed by atoms with E-state index in [-0.39, 0.29) is 12.0 Å². The molecule has 1 aliphatic heterocycles. The van der Waals surface area contributed by atoms with Crippen LogP contribution in [-0.2, 0) is 4.74 Å². The van der Waals surface area contributed by atoms with Crippen molar-refractivity contribution in [2.24, 2.45) is 0 Å². The molecule has 1 aromatic carbocycles. The van der Waals surface area contributed by atoms with Gasteiger partial charge in [-0.3, -0.25) is 15.2 Å². The van der Waals surface area contributed by atoms with E-state index in [9.17, 15) is 9.18 Å². The Morgan fingerprint density at radius 1 is 1.27 bits per heavy atom. The highest BCUT2D eigenvalue weighted by atomic mass is 35.5. The standard InChI is InChI=1S/C23H26ClFN6O2/c1-15-21(24)22(31(29-15)18-6-4-3-5-7-18)28-23(32)27-20-14-30(8-9-33-2)13-19(20)16-10-17(25)12-26-11-16/h3-7,10-12,19-20H,8-9,13-14H2,1-2H3,(H2,27,28,32)/t19-,20+/m0/s1. The van der Waals surface area contributed by atoms with Crippen LogP contribution in [0.25, 0.3) is 5.69 Å². The summed E-state index contributed by atoms with van der Waals surface area (Å²) in [7, 11) is 1.65. The van der Waals surface area contributed by atoms with Gasteiger partial charge in [-0.2, -0.15) is 5.10 Å². The molecule has 1 aliphatic rings. The second-order valence-electron chi connectivity index (χ2n) is 8.00. The fourth-order valence-corrected chi connectivity index (χ4v) is 4.25. The molecular formula is C23H26ClFN6O2. The molecule has 3 heterocycles. The van der Waals surface area contributed by atoms with Crippen LogP contribution in [0.4, 0.5) is 15.0 Å². The minimum absolute atomic E-state index is 0.118. The first-order valence-corrected chi connectivity index (χ1v) is 11.0. The van der Waals surface area contributed by atoms with Crippen LogP contribution < -0.4 is 10.6 Å². The summed E-state index contributed by atoms with van der Waals surface area (Å²) in [5, 5.41) is 10.7. The molecular weight excluding hydrogens is 447 g/mol. The monoisotopic (exact) mass is 472 g/mol. The number of benzene rings is 1. The number of aromatic nitrogens is 3. The molecule has 0 bridgehead atoms. The van der Waals surface area contributed by atoms with Gasteiger partial charge in [0.05, 0.1) is 30.2 Å². The Hall–Kier alpha value is -3.01. The number of aryl methyl sites for hydroxylation is 1. The maximum atomic E-state index is 13.8. The first-order valence-electron chi connectivity index (χ1n) is 10.7. The quantitative estimate of drug-likeness (QED) is 0.549. The molecule has 0 radical (unpaired) electrons. The molecule has 174 valence electrons. The maximum Gasteiger partial charge on any atom is 0.320 e. The van der Waals surface area contributed by atoms with Crippen molar-refractivity contribution in [3.05, 3.63) is 70.9 Å². The molecule has 2 amide bonds. The van der Waals surface area contributed by atoms with Crippen LogP contribution in [0.1, 0.15) is 17.2 Å². The number of hydrogen-bond donors (Lipinski definition) is 2. The molecule has 0 aliphatic carbocycles. The molecule has 33 heavy (non-hydrogen) atoms. The van der Waals surface area contributed by atoms with Gasteiger partial charge in [0.25, 0.3) is 0 Å². The minimum atomic E-state index is -0.415. The summed E-state index contributed by atoms with van der Waals surface area (Å²) in [5.74, 6) is -0.136. The molecule has 2 atom stereocenters. The number of carbonyl (C=O) groups is 1. The van der Waals surface area contributed by atoms with E-state index >= 15 is 0 Å². The van der Waals surface area contributed by atoms with Gasteiger partial charge in [-0.25, -0.2) is 13.9 Å². The fraction of sp³-hybridized carbons (Fsp3) is 0.348. The Morgan fingerprint density at radius 2 is 2.06 bits per heavy atom. The highest BCUT2D eigenvalue weighted by Gasteiger charge is 2.35. The van der Waals surface area contributed by atoms with Crippen molar-refractivity contribution in [2.45, 2.75) is 18.9 Å². The van der Waals surface area contributed by atoms with Gasteiger partial charge in [0.15, 0.2) is 5.82 Å². The van der Waals surface area contributed by atoms with Gasteiger partial charge in [0.2, 0.25) is 0 Å². The second-order valence-corrected chi connectivity index (χ2v) is 8.37. The van der Waals surface area contributed by atoms with E-state index in [0.717, 1.165) is 11.3 Å². The van der Waals surface area contributed by atoms with Gasteiger partial charge in [-0.05, 0) is 30.7 Å². The maximum absolute atomic E-state index is 13.8. The minimum Gasteiger partial charge on any atom is -0.383 e. The molecule has 1 fully saturated rings. The predicted octanol–water partition coefficient (Wildman–Crippen LogP) is 3.60. The Labute approximate surface area is 196 Å². The third kappa shape index (κ3) is 5.32. The number of hydrogen-bond acceptors (Lipinski definition) is 5. The predicted molar refractivity (Wildman–Crippen MR) is 125 cm³/mol. The smallest absolute Gasteiger partial charge is 0.320 e. The van der Waals surface area contributed by atoms with Crippen LogP contribution in [0.2, 0.25) is 5.02 Å². The molecule has 0 unspecified atom stereocenters. The van der Waals surface area contributed by atoms with Crippen LogP contribution in [-0.4, -0.2) is 65.1 Å². The van der Waals surface area contributed by atoms with E-state index in [0.29, 0.717) is 42.8 Å². The molecule has 3 aromatic rings. The lowest BCUT2D eigenvalue weighted by molar-refractivity contribution is 0.159. The van der Waals surface area contributed by atoms with E-state index in [1.54, 1.807) is 24.9 Å². The van der Waals surface area contributed by atoms with Crippen molar-refractivity contribution >= 4 is 23.4 Å². The van der Waals surface area contributed by atoms with E-state index in [1.165, 1.54) is 12.3 Å². The molecule has 4 rings (SSSR count). The molecule has 2 aromatic heterocycles. The average Bonchev–Trinajstić information content (AvgIpc) is 3.34. The number of amides is 2. The van der Waals surface area contributed by atoms with Crippen LogP contribution >= 0.6 is 11.6 Å². The third-order valence-electron chi connectivity index (χ3n) is 5.70. The lowest BCUT2D eigenvalue weighted by Gasteiger charge is -2.20. The first kappa shape index (κ1) is 23.2. The summed E-state index contributed by atoms with van der Waals surface area (Å²) < 4.78 is 20.6. The number of likely N-dealkylation sites (tertiary alicyclic amines) is 1. The number of para-hydroxylation sites is 1. The summed E-state index contributed by atoms with van der Waals surface area (Å²) in [6, 6.07) is 10.2. The number of nitrogens with one attached hydrogen (secondary N) is 2. The number of urea groups is 1. The molecule has 2 N–H and O–H groups in total. The zero-order valence-electron chi connectivity index (χ0n) is 18.5. The van der Waals surface area contributed by atoms with Crippen molar-refractivity contribution in [1.82, 2.24) is 25.0 Å². The van der Waals surface area contributed by atoms with Crippen LogP contribution in [0, 0.1) is 12.7 Å². The summed E-state index contributed by atoms with van der Waals surface area (Å²) in [4.78, 5) is 19.2. The number of halogens is 2. The Kier molecular flexibility index (Phi) is 7.22. The number of rotatable bonds is 7. The summed E-state index contributed by atoms with van der Waals surface area (Å²) in [6.45, 7) is 4.31. The highest BCUT2D eigenvalue weighted by Crippen LogP contribution is 2.30. The lowest BCUT2D eigenvalue weighted by Crippen LogP contribution is -2.42. The molecule has 0 spiro atoms. The van der Waals surface area contributed by atoms with Gasteiger partial charge in [-0.15, -0.1) is 0 Å². The number of pyridine rings is 1. The van der Waals surface area contributed by atoms with Gasteiger partial charge >= 0.3 is 6.03 Å². The lowest BCUT2D eigenvalue weighted by atomic mass is 9.96. The third-order valence-corrected chi connectivity index (χ3v) is 6.15. The molecule has 10 heteroatoms. The Balaban J connectivity index is 1.53. The zero-order valence-corrected chi connectivity index (χ0v) is 19.2. The highest BCUT2D eigenvalue weighted by molar-refractivity contribution is 6.34. The molecule has 1 saturated heterocycles. The van der Waals surface area contributed by atoms with E-state index in [2.05, 4.69) is 25.6 Å². The van der Waals surface area contributed by atoms with Crippen molar-refractivity contribution in [3.8, 4) is 5.69 Å². The van der Waals surface area contributed by atoms with Gasteiger partial charge < -0.3 is 10.1 Å². The van der Waals surface area contributed by atoms with Crippen molar-refractivity contribution in [1.29, 1.82) is 0 Å². The summed E-state index contributed by atoms with van der Waals surface area (Å²) in [5.41, 5.74) is 2.12. The van der Waals surface area contributed by atoms with Crippen molar-refractivity contribution in [2.75, 3.05) is 38.7 Å². The van der Waals surface area contributed by atoms with Crippen LogP contribution in [0.5, 0.6) is 0 Å². The number of carbonyl (C=O) groups excluding carboxylic acids is 1. The van der Waals surface area contributed by atoms with Gasteiger partial charge in [0, 0.05) is 38.9 Å². The average molecular weight is 473 g/mol. The van der Waals surface area contributed by atoms with Gasteiger partial charge in [0.1, 0.15) is 10.8 Å². The topological polar surface area (TPSA) is 84.3 Å². The molecule has 0 saturated carbocycles. The SMILES string of the molecule is COCCN1C[C@@H](NC(=O)Nc2c(Cl)c(C)nn2-c2ccccc2)[C@H](c2cncc(F)c2)C1. The fourth-order valence-electron chi connectivity index (χ4n) is 4.09. The largest absolute Gasteiger partial charge is 0.383 e. The van der Waals surface area contributed by atoms with Crippen LogP contribution in [0.3, 0.4) is 0 Å². The normalized spacial score (nSPS) is 18.4. The Morgan fingerprint density at radius 3 is 2.79 bits per heavy atom. The number of nitrogens with zero attached hydrogens (tertiary/aromatic N) is 4. The van der Waals surface area contributed by atoms with Crippen molar-refractivity contribution in [3.63, 3.8) is 0 Å². The second kappa shape index (κ2) is 10.3. The van der Waals surface area contributed by atoms with E-state index in [4.69, 9.17) is 16.3 Å².